The number of hydrogen-bond donors (Lipinski definition) is 1. The van der Waals surface area contributed by atoms with Crippen LogP contribution in [0.25, 0.3) is 11.3 Å². The first-order valence-electron chi connectivity index (χ1n) is 6.26. The molecule has 94 valence electrons. The van der Waals surface area contributed by atoms with Crippen molar-refractivity contribution in [1.29, 1.82) is 0 Å². The van der Waals surface area contributed by atoms with Crippen molar-refractivity contribution in [3.63, 3.8) is 0 Å². The quantitative estimate of drug-likeness (QED) is 0.883. The lowest BCUT2D eigenvalue weighted by Crippen LogP contribution is -2.18. The monoisotopic (exact) mass is 244 g/mol. The Morgan fingerprint density at radius 3 is 2.67 bits per heavy atom. The minimum atomic E-state index is -0.345. The van der Waals surface area contributed by atoms with E-state index in [4.69, 9.17) is 0 Å². The molecule has 1 fully saturated rings. The Morgan fingerprint density at radius 1 is 1.33 bits per heavy atom. The van der Waals surface area contributed by atoms with E-state index in [1.807, 2.05) is 12.1 Å². The number of nitrogens with zero attached hydrogens (tertiary/aromatic N) is 1. The molecule has 18 heavy (non-hydrogen) atoms. The third-order valence-corrected chi connectivity index (χ3v) is 3.49. The van der Waals surface area contributed by atoms with E-state index in [0.717, 1.165) is 30.3 Å². The predicted octanol–water partition coefficient (Wildman–Crippen LogP) is 2.48. The summed E-state index contributed by atoms with van der Waals surface area (Å²) in [5.41, 5.74) is 2.59. The lowest BCUT2D eigenvalue weighted by atomic mass is 10.1. The molecule has 0 amide bonds. The van der Waals surface area contributed by atoms with E-state index < -0.39 is 0 Å². The molecule has 0 spiro atoms. The van der Waals surface area contributed by atoms with Gasteiger partial charge in [0, 0.05) is 24.3 Å². The van der Waals surface area contributed by atoms with Crippen LogP contribution < -0.4 is 10.5 Å². The number of aromatic amines is 1. The van der Waals surface area contributed by atoms with Crippen molar-refractivity contribution < 1.29 is 4.52 Å². The molecule has 3 rings (SSSR count). The van der Waals surface area contributed by atoms with Crippen LogP contribution in [-0.2, 0) is 0 Å². The number of H-pyrrole nitrogens is 1. The van der Waals surface area contributed by atoms with Crippen LogP contribution >= 0.6 is 0 Å². The van der Waals surface area contributed by atoms with E-state index in [9.17, 15) is 4.79 Å². The van der Waals surface area contributed by atoms with Crippen molar-refractivity contribution >= 4 is 5.69 Å². The van der Waals surface area contributed by atoms with Crippen molar-refractivity contribution in [2.24, 2.45) is 5.92 Å². The number of anilines is 1. The predicted molar refractivity (Wildman–Crippen MR) is 70.8 cm³/mol. The Balaban J connectivity index is 1.83. The van der Waals surface area contributed by atoms with E-state index in [-0.39, 0.29) is 5.63 Å². The molecule has 1 aromatic carbocycles. The third-order valence-electron chi connectivity index (χ3n) is 3.49. The fourth-order valence-corrected chi connectivity index (χ4v) is 2.45. The highest BCUT2D eigenvalue weighted by Gasteiger charge is 2.18. The summed E-state index contributed by atoms with van der Waals surface area (Å²) >= 11 is 0. The molecule has 1 aliphatic rings. The molecule has 1 aromatic heterocycles. The summed E-state index contributed by atoms with van der Waals surface area (Å²) in [7, 11) is 0. The Kier molecular flexibility index (Phi) is 2.70. The average molecular weight is 244 g/mol. The van der Waals surface area contributed by atoms with E-state index in [2.05, 4.69) is 33.6 Å². The van der Waals surface area contributed by atoms with Crippen molar-refractivity contribution in [3.05, 3.63) is 40.8 Å². The second-order valence-electron chi connectivity index (χ2n) is 4.97. The van der Waals surface area contributed by atoms with Crippen LogP contribution in [0.2, 0.25) is 0 Å². The average Bonchev–Trinajstić information content (AvgIpc) is 2.98. The first kappa shape index (κ1) is 11.1. The normalized spacial score (nSPS) is 19.4. The van der Waals surface area contributed by atoms with Crippen LogP contribution in [0.15, 0.2) is 39.6 Å². The van der Waals surface area contributed by atoms with Gasteiger partial charge in [-0.15, -0.1) is 0 Å². The minimum absolute atomic E-state index is 0.345. The molecule has 1 unspecified atom stereocenters. The molecule has 0 radical (unpaired) electrons. The van der Waals surface area contributed by atoms with Crippen molar-refractivity contribution in [1.82, 2.24) is 5.16 Å². The van der Waals surface area contributed by atoms with Crippen LogP contribution in [0.3, 0.4) is 0 Å². The zero-order valence-corrected chi connectivity index (χ0v) is 10.3. The SMILES string of the molecule is CC1CCN(c2ccc(-c3cc(=O)o[nH]3)cc2)C1. The molecule has 1 aliphatic heterocycles. The summed E-state index contributed by atoms with van der Waals surface area (Å²) in [5.74, 6) is 0.773. The lowest BCUT2D eigenvalue weighted by Gasteiger charge is -2.18. The van der Waals surface area contributed by atoms with Gasteiger partial charge in [0.1, 0.15) is 0 Å². The van der Waals surface area contributed by atoms with Gasteiger partial charge in [-0.2, -0.15) is 0 Å². The molecular weight excluding hydrogens is 228 g/mol. The van der Waals surface area contributed by atoms with Crippen molar-refractivity contribution in [3.8, 4) is 11.3 Å². The van der Waals surface area contributed by atoms with Gasteiger partial charge in [0.05, 0.1) is 11.8 Å². The van der Waals surface area contributed by atoms with Crippen LogP contribution in [0.4, 0.5) is 5.69 Å². The van der Waals surface area contributed by atoms with Gasteiger partial charge in [0.2, 0.25) is 0 Å². The van der Waals surface area contributed by atoms with Crippen LogP contribution in [0, 0.1) is 5.92 Å². The molecule has 4 nitrogen and oxygen atoms in total. The molecular formula is C14H16N2O2. The second-order valence-corrected chi connectivity index (χ2v) is 4.97. The van der Waals surface area contributed by atoms with Gasteiger partial charge >= 0.3 is 5.63 Å². The molecule has 2 aromatic rings. The second kappa shape index (κ2) is 4.37. The van der Waals surface area contributed by atoms with E-state index in [1.165, 1.54) is 18.2 Å². The molecule has 1 atom stereocenters. The highest BCUT2D eigenvalue weighted by atomic mass is 16.5. The summed E-state index contributed by atoms with van der Waals surface area (Å²) in [6.45, 7) is 4.54. The molecule has 2 heterocycles. The number of nitrogens with one attached hydrogen (secondary N) is 1. The first-order chi connectivity index (χ1) is 8.72. The number of aromatic nitrogens is 1. The van der Waals surface area contributed by atoms with Gasteiger partial charge in [-0.3, -0.25) is 0 Å². The summed E-state index contributed by atoms with van der Waals surface area (Å²) in [6, 6.07) is 9.68. The van der Waals surface area contributed by atoms with Crippen LogP contribution in [0.5, 0.6) is 0 Å². The van der Waals surface area contributed by atoms with Crippen LogP contribution in [-0.4, -0.2) is 18.2 Å². The molecule has 0 bridgehead atoms. The highest BCUT2D eigenvalue weighted by Crippen LogP contribution is 2.25. The molecule has 4 heteroatoms. The van der Waals surface area contributed by atoms with E-state index in [1.54, 1.807) is 0 Å². The standard InChI is InChI=1S/C14H16N2O2/c1-10-6-7-16(9-10)12-4-2-11(3-5-12)13-8-14(17)18-15-13/h2-5,8,10,15H,6-7,9H2,1H3. The molecule has 1 saturated heterocycles. The summed E-state index contributed by atoms with van der Waals surface area (Å²) in [4.78, 5) is 13.4. The largest absolute Gasteiger partial charge is 0.371 e. The van der Waals surface area contributed by atoms with Gasteiger partial charge < -0.3 is 9.42 Å². The number of rotatable bonds is 2. The fourth-order valence-electron chi connectivity index (χ4n) is 2.45. The maximum atomic E-state index is 11.0. The van der Waals surface area contributed by atoms with Crippen LogP contribution in [0.1, 0.15) is 13.3 Å². The topological polar surface area (TPSA) is 49.2 Å². The summed E-state index contributed by atoms with van der Waals surface area (Å²) < 4.78 is 4.67. The Morgan fingerprint density at radius 2 is 2.11 bits per heavy atom. The zero-order valence-electron chi connectivity index (χ0n) is 10.3. The van der Waals surface area contributed by atoms with Gasteiger partial charge in [-0.1, -0.05) is 19.1 Å². The molecule has 1 N–H and O–H groups in total. The van der Waals surface area contributed by atoms with Gasteiger partial charge in [-0.05, 0) is 24.5 Å². The van der Waals surface area contributed by atoms with Gasteiger partial charge in [-0.25, -0.2) is 9.95 Å². The maximum absolute atomic E-state index is 11.0. The first-order valence-corrected chi connectivity index (χ1v) is 6.26. The Bertz CT molecular complexity index is 582. The van der Waals surface area contributed by atoms with Crippen molar-refractivity contribution in [2.45, 2.75) is 13.3 Å². The molecule has 0 saturated carbocycles. The smallest absolute Gasteiger partial charge is 0.357 e. The summed E-state index contributed by atoms with van der Waals surface area (Å²) in [6.07, 6.45) is 1.26. The van der Waals surface area contributed by atoms with Gasteiger partial charge in [0.25, 0.3) is 0 Å². The summed E-state index contributed by atoms with van der Waals surface area (Å²) in [5, 5.41) is 2.62. The maximum Gasteiger partial charge on any atom is 0.357 e. The number of hydrogen-bond acceptors (Lipinski definition) is 3. The Hall–Kier alpha value is -1.97. The Labute approximate surface area is 105 Å². The third kappa shape index (κ3) is 2.06. The molecule has 0 aliphatic carbocycles. The minimum Gasteiger partial charge on any atom is -0.371 e. The highest BCUT2D eigenvalue weighted by molar-refractivity contribution is 5.62. The zero-order chi connectivity index (χ0) is 12.5. The van der Waals surface area contributed by atoms with Gasteiger partial charge in [0.15, 0.2) is 0 Å². The fraction of sp³-hybridized carbons (Fsp3) is 0.357. The van der Waals surface area contributed by atoms with E-state index >= 15 is 0 Å². The van der Waals surface area contributed by atoms with E-state index in [0.29, 0.717) is 0 Å². The number of benzene rings is 1. The van der Waals surface area contributed by atoms with Crippen molar-refractivity contribution in [2.75, 3.05) is 18.0 Å². The lowest BCUT2D eigenvalue weighted by molar-refractivity contribution is 0.394.